The predicted molar refractivity (Wildman–Crippen MR) is 118 cm³/mol. The third kappa shape index (κ3) is 4.87. The van der Waals surface area contributed by atoms with Gasteiger partial charge >= 0.3 is 0 Å². The number of H-pyrrole nitrogens is 1. The van der Waals surface area contributed by atoms with Gasteiger partial charge in [0.1, 0.15) is 9.84 Å². The summed E-state index contributed by atoms with van der Waals surface area (Å²) in [6.45, 7) is 3.72. The molecule has 0 saturated carbocycles. The monoisotopic (exact) mass is 411 g/mol. The number of aromatic nitrogens is 2. The van der Waals surface area contributed by atoms with Crippen LogP contribution in [-0.4, -0.2) is 47.4 Å². The Labute approximate surface area is 173 Å². The summed E-state index contributed by atoms with van der Waals surface area (Å²) in [5.74, 6) is 0.424. The molecule has 1 fully saturated rings. The van der Waals surface area contributed by atoms with Gasteiger partial charge in [0.05, 0.1) is 11.4 Å². The van der Waals surface area contributed by atoms with Gasteiger partial charge in [-0.3, -0.25) is 9.88 Å². The van der Waals surface area contributed by atoms with E-state index in [1.807, 2.05) is 24.4 Å². The Bertz CT molecular complexity index is 1060. The van der Waals surface area contributed by atoms with E-state index >= 15 is 0 Å². The minimum Gasteiger partial charge on any atom is -0.361 e. The Balaban J connectivity index is 1.49. The maximum atomic E-state index is 11.9. The molecule has 154 valence electrons. The standard InChI is InChI=1S/C23H29N3O2S/c1-2-29(27,28)13-10-18-8-9-23-22(14-18)19(16-25-23)15-21-7-5-12-26(21)17-20-6-3-4-11-24-20/h3-4,6,8-9,11,14,16,21,25H,2,5,7,10,12-13,15,17H2,1H3/t21-/m1/s1. The average Bonchev–Trinajstić information content (AvgIpc) is 3.34. The second kappa shape index (κ2) is 8.67. The van der Waals surface area contributed by atoms with E-state index in [9.17, 15) is 8.42 Å². The first-order chi connectivity index (χ1) is 14.0. The molecule has 0 aliphatic carbocycles. The zero-order chi connectivity index (χ0) is 20.3. The van der Waals surface area contributed by atoms with E-state index in [2.05, 4.69) is 39.3 Å². The molecule has 3 aromatic rings. The molecule has 1 N–H and O–H groups in total. The zero-order valence-electron chi connectivity index (χ0n) is 17.0. The normalized spacial score (nSPS) is 17.9. The number of nitrogens with one attached hydrogen (secondary N) is 1. The van der Waals surface area contributed by atoms with E-state index in [4.69, 9.17) is 0 Å². The van der Waals surface area contributed by atoms with Crippen molar-refractivity contribution >= 4 is 20.7 Å². The predicted octanol–water partition coefficient (Wildman–Crippen LogP) is 3.75. The van der Waals surface area contributed by atoms with Crippen LogP contribution < -0.4 is 0 Å². The SMILES string of the molecule is CCS(=O)(=O)CCc1ccc2[nH]cc(C[C@H]3CCCN3Cc3ccccn3)c2c1. The van der Waals surface area contributed by atoms with E-state index < -0.39 is 9.84 Å². The van der Waals surface area contributed by atoms with Crippen molar-refractivity contribution < 1.29 is 8.42 Å². The van der Waals surface area contributed by atoms with E-state index in [0.29, 0.717) is 12.5 Å². The van der Waals surface area contributed by atoms with Crippen molar-refractivity contribution in [2.24, 2.45) is 0 Å². The van der Waals surface area contributed by atoms with Crippen LogP contribution in [0.2, 0.25) is 0 Å². The first-order valence-corrected chi connectivity index (χ1v) is 12.3. The Kier molecular flexibility index (Phi) is 6.01. The number of aromatic amines is 1. The molecule has 0 bridgehead atoms. The smallest absolute Gasteiger partial charge is 0.150 e. The average molecular weight is 412 g/mol. The number of fused-ring (bicyclic) bond motifs is 1. The molecule has 0 radical (unpaired) electrons. The maximum Gasteiger partial charge on any atom is 0.150 e. The van der Waals surface area contributed by atoms with Gasteiger partial charge in [0, 0.05) is 41.6 Å². The van der Waals surface area contributed by atoms with E-state index in [-0.39, 0.29) is 11.5 Å². The number of pyridine rings is 1. The second-order valence-electron chi connectivity index (χ2n) is 7.97. The topological polar surface area (TPSA) is 66.1 Å². The van der Waals surface area contributed by atoms with Gasteiger partial charge < -0.3 is 4.98 Å². The van der Waals surface area contributed by atoms with Crippen LogP contribution in [0.15, 0.2) is 48.8 Å². The minimum absolute atomic E-state index is 0.207. The number of benzene rings is 1. The van der Waals surface area contributed by atoms with Gasteiger partial charge in [-0.1, -0.05) is 19.1 Å². The van der Waals surface area contributed by atoms with Crippen molar-refractivity contribution in [2.45, 2.75) is 45.2 Å². The molecule has 1 atom stereocenters. The Morgan fingerprint density at radius 1 is 1.24 bits per heavy atom. The quantitative estimate of drug-likeness (QED) is 0.613. The van der Waals surface area contributed by atoms with Crippen LogP contribution in [0, 0.1) is 0 Å². The lowest BCUT2D eigenvalue weighted by Crippen LogP contribution is -2.30. The Hall–Kier alpha value is -2.18. The molecule has 0 spiro atoms. The summed E-state index contributed by atoms with van der Waals surface area (Å²) in [6.07, 6.45) is 7.98. The largest absolute Gasteiger partial charge is 0.361 e. The fourth-order valence-corrected chi connectivity index (χ4v) is 5.09. The fourth-order valence-electron chi connectivity index (χ4n) is 4.26. The lowest BCUT2D eigenvalue weighted by Gasteiger charge is -2.24. The molecule has 1 aromatic carbocycles. The van der Waals surface area contributed by atoms with Crippen molar-refractivity contribution in [3.63, 3.8) is 0 Å². The number of rotatable bonds is 8. The highest BCUT2D eigenvalue weighted by Crippen LogP contribution is 2.27. The summed E-state index contributed by atoms with van der Waals surface area (Å²) < 4.78 is 23.7. The van der Waals surface area contributed by atoms with E-state index in [1.165, 1.54) is 23.8 Å². The second-order valence-corrected chi connectivity index (χ2v) is 10.4. The summed E-state index contributed by atoms with van der Waals surface area (Å²) in [4.78, 5) is 10.4. The minimum atomic E-state index is -2.94. The van der Waals surface area contributed by atoms with Crippen molar-refractivity contribution in [3.05, 3.63) is 65.6 Å². The third-order valence-corrected chi connectivity index (χ3v) is 7.73. The van der Waals surface area contributed by atoms with Gasteiger partial charge in [-0.05, 0) is 67.6 Å². The molecule has 4 rings (SSSR count). The molecule has 1 aliphatic heterocycles. The van der Waals surface area contributed by atoms with Gasteiger partial charge in [0.25, 0.3) is 0 Å². The molecule has 2 aromatic heterocycles. The highest BCUT2D eigenvalue weighted by atomic mass is 32.2. The summed E-state index contributed by atoms with van der Waals surface area (Å²) >= 11 is 0. The maximum absolute atomic E-state index is 11.9. The fraction of sp³-hybridized carbons (Fsp3) is 0.435. The van der Waals surface area contributed by atoms with E-state index in [1.54, 1.807) is 6.92 Å². The number of hydrogen-bond acceptors (Lipinski definition) is 4. The van der Waals surface area contributed by atoms with Crippen molar-refractivity contribution in [1.82, 2.24) is 14.9 Å². The molecule has 0 amide bonds. The van der Waals surface area contributed by atoms with E-state index in [0.717, 1.165) is 36.3 Å². The molecule has 6 heteroatoms. The van der Waals surface area contributed by atoms with Crippen LogP contribution in [-0.2, 0) is 29.2 Å². The molecular weight excluding hydrogens is 382 g/mol. The Morgan fingerprint density at radius 2 is 2.14 bits per heavy atom. The highest BCUT2D eigenvalue weighted by molar-refractivity contribution is 7.91. The Morgan fingerprint density at radius 3 is 2.93 bits per heavy atom. The first kappa shape index (κ1) is 20.1. The third-order valence-electron chi connectivity index (χ3n) is 6.02. The molecule has 29 heavy (non-hydrogen) atoms. The molecule has 0 unspecified atom stereocenters. The van der Waals surface area contributed by atoms with Crippen molar-refractivity contribution in [3.8, 4) is 0 Å². The molecule has 1 saturated heterocycles. The number of likely N-dealkylation sites (tertiary alicyclic amines) is 1. The van der Waals surface area contributed by atoms with Crippen LogP contribution >= 0.6 is 0 Å². The van der Waals surface area contributed by atoms with Crippen LogP contribution in [0.4, 0.5) is 0 Å². The summed E-state index contributed by atoms with van der Waals surface area (Å²) in [5.41, 5.74) is 4.65. The number of nitrogens with zero attached hydrogens (tertiary/aromatic N) is 2. The highest BCUT2D eigenvalue weighted by Gasteiger charge is 2.25. The first-order valence-electron chi connectivity index (χ1n) is 10.5. The number of aryl methyl sites for hydroxylation is 1. The van der Waals surface area contributed by atoms with Gasteiger partial charge in [-0.2, -0.15) is 0 Å². The van der Waals surface area contributed by atoms with Crippen LogP contribution in [0.1, 0.15) is 36.6 Å². The van der Waals surface area contributed by atoms with Crippen LogP contribution in [0.5, 0.6) is 0 Å². The number of hydrogen-bond donors (Lipinski definition) is 1. The molecule has 1 aliphatic rings. The lowest BCUT2D eigenvalue weighted by atomic mass is 10.0. The van der Waals surface area contributed by atoms with Gasteiger partial charge in [0.15, 0.2) is 0 Å². The van der Waals surface area contributed by atoms with Crippen molar-refractivity contribution in [1.29, 1.82) is 0 Å². The van der Waals surface area contributed by atoms with Crippen LogP contribution in [0.3, 0.4) is 0 Å². The van der Waals surface area contributed by atoms with Gasteiger partial charge in [-0.15, -0.1) is 0 Å². The van der Waals surface area contributed by atoms with Crippen LogP contribution in [0.25, 0.3) is 10.9 Å². The van der Waals surface area contributed by atoms with Gasteiger partial charge in [-0.25, -0.2) is 8.42 Å². The summed E-state index contributed by atoms with van der Waals surface area (Å²) in [5, 5.41) is 1.22. The summed E-state index contributed by atoms with van der Waals surface area (Å²) in [7, 11) is -2.94. The van der Waals surface area contributed by atoms with Gasteiger partial charge in [0.2, 0.25) is 0 Å². The zero-order valence-corrected chi connectivity index (χ0v) is 17.8. The molecular formula is C23H29N3O2S. The van der Waals surface area contributed by atoms with Crippen molar-refractivity contribution in [2.75, 3.05) is 18.1 Å². The summed E-state index contributed by atoms with van der Waals surface area (Å²) in [6, 6.07) is 12.9. The molecule has 3 heterocycles. The lowest BCUT2D eigenvalue weighted by molar-refractivity contribution is 0.241. The molecule has 5 nitrogen and oxygen atoms in total. The number of sulfone groups is 1.